The standard InChI is InChI=1S/C26H30FN3O3/c1-3-26(32)14-33-13-17-11-29-12-20-19(23(29)10-21(17)26)8-16-9-22(27)15(2)18-4-6-30(28-5-7-31)25(20)24(16)18/h8-10,28,31-32H,3-7,11-14H2,1-2H3/t26-/m1/s1/i11D,14D/t11?,14?,26-. The van der Waals surface area contributed by atoms with Crippen LogP contribution in [0.15, 0.2) is 29.4 Å². The fourth-order valence-electron chi connectivity index (χ4n) is 5.71. The summed E-state index contributed by atoms with van der Waals surface area (Å²) in [7, 11) is 0. The Kier molecular flexibility index (Phi) is 4.32. The summed E-state index contributed by atoms with van der Waals surface area (Å²) in [6.45, 7) is 3.46. The Labute approximate surface area is 195 Å². The molecule has 2 aromatic rings. The Hall–Kier alpha value is -2.45. The van der Waals surface area contributed by atoms with Gasteiger partial charge in [-0.2, -0.15) is 0 Å². The van der Waals surface area contributed by atoms with Gasteiger partial charge in [-0.1, -0.05) is 6.92 Å². The summed E-state index contributed by atoms with van der Waals surface area (Å²) in [5.74, 6) is -0.229. The number of rotatable bonds is 4. The van der Waals surface area contributed by atoms with Gasteiger partial charge in [0.1, 0.15) is 11.4 Å². The summed E-state index contributed by atoms with van der Waals surface area (Å²) >= 11 is 0. The summed E-state index contributed by atoms with van der Waals surface area (Å²) in [4.78, 5) is 1.99. The first-order chi connectivity index (χ1) is 16.8. The van der Waals surface area contributed by atoms with Crippen LogP contribution in [0.4, 0.5) is 10.1 Å². The second kappa shape index (κ2) is 7.53. The molecule has 4 aliphatic heterocycles. The number of benzene rings is 2. The Bertz CT molecular complexity index is 1310. The topological polar surface area (TPSA) is 68.2 Å². The third kappa shape index (κ3) is 2.99. The summed E-state index contributed by atoms with van der Waals surface area (Å²) < 4.78 is 37.9. The summed E-state index contributed by atoms with van der Waals surface area (Å²) in [5, 5.41) is 24.6. The van der Waals surface area contributed by atoms with Crippen molar-refractivity contribution in [1.82, 2.24) is 10.3 Å². The molecular formula is C26H30FN3O3. The van der Waals surface area contributed by atoms with Crippen molar-refractivity contribution < 1.29 is 22.1 Å². The monoisotopic (exact) mass is 453 g/mol. The molecule has 0 saturated carbocycles. The van der Waals surface area contributed by atoms with E-state index >= 15 is 0 Å². The average Bonchev–Trinajstić information content (AvgIpc) is 3.22. The van der Waals surface area contributed by atoms with E-state index in [1.54, 1.807) is 6.07 Å². The van der Waals surface area contributed by atoms with E-state index in [4.69, 9.17) is 7.48 Å². The molecule has 33 heavy (non-hydrogen) atoms. The SMILES string of the molecule is [2H]C1C2=C(C=C3c4cc5cc(F)c(C)c6c5c(c4CN31)N(NCCO)CC6)[C@@](O)(CC)C([2H])OC2. The molecule has 0 aromatic heterocycles. The fraction of sp³-hybridized carbons (Fsp3) is 0.462. The lowest BCUT2D eigenvalue weighted by Crippen LogP contribution is -2.44. The van der Waals surface area contributed by atoms with Crippen LogP contribution in [-0.4, -0.2) is 60.1 Å². The third-order valence-electron chi connectivity index (χ3n) is 7.48. The van der Waals surface area contributed by atoms with Gasteiger partial charge in [0.15, 0.2) is 0 Å². The van der Waals surface area contributed by atoms with Gasteiger partial charge >= 0.3 is 0 Å². The zero-order chi connectivity index (χ0) is 24.6. The van der Waals surface area contributed by atoms with Gasteiger partial charge in [0.05, 0.1) is 28.2 Å². The molecule has 174 valence electrons. The molecule has 0 spiro atoms. The molecule has 3 atom stereocenters. The highest BCUT2D eigenvalue weighted by molar-refractivity contribution is 6.04. The number of ether oxygens (including phenoxy) is 1. The maximum atomic E-state index is 14.9. The zero-order valence-corrected chi connectivity index (χ0v) is 18.9. The molecule has 6 nitrogen and oxygen atoms in total. The van der Waals surface area contributed by atoms with Gasteiger partial charge in [-0.25, -0.2) is 9.82 Å². The highest BCUT2D eigenvalue weighted by atomic mass is 19.1. The average molecular weight is 454 g/mol. The summed E-state index contributed by atoms with van der Waals surface area (Å²) in [5.41, 5.74) is 8.53. The number of aliphatic hydroxyl groups is 2. The second-order valence-corrected chi connectivity index (χ2v) is 9.28. The van der Waals surface area contributed by atoms with Crippen molar-refractivity contribution in [2.75, 3.05) is 44.4 Å². The van der Waals surface area contributed by atoms with E-state index in [2.05, 4.69) is 10.4 Å². The molecule has 7 heteroatoms. The zero-order valence-electron chi connectivity index (χ0n) is 20.9. The Balaban J connectivity index is 1.60. The number of anilines is 1. The smallest absolute Gasteiger partial charge is 0.127 e. The van der Waals surface area contributed by atoms with Gasteiger partial charge < -0.3 is 24.9 Å². The van der Waals surface area contributed by atoms with Crippen LogP contribution >= 0.6 is 0 Å². The van der Waals surface area contributed by atoms with E-state index in [0.717, 1.165) is 38.8 Å². The van der Waals surface area contributed by atoms with Crippen LogP contribution in [0.1, 0.15) is 38.3 Å². The van der Waals surface area contributed by atoms with Crippen molar-refractivity contribution in [2.45, 2.75) is 38.8 Å². The Morgan fingerprint density at radius 3 is 2.97 bits per heavy atom. The number of fused-ring (bicyclic) bond motifs is 4. The molecular weight excluding hydrogens is 421 g/mol. The summed E-state index contributed by atoms with van der Waals surface area (Å²) in [6, 6.07) is 3.58. The molecule has 0 amide bonds. The number of aliphatic hydroxyl groups excluding tert-OH is 1. The predicted molar refractivity (Wildman–Crippen MR) is 126 cm³/mol. The minimum absolute atomic E-state index is 0.00340. The highest BCUT2D eigenvalue weighted by Crippen LogP contribution is 2.49. The maximum Gasteiger partial charge on any atom is 0.127 e. The van der Waals surface area contributed by atoms with Gasteiger partial charge in [-0.05, 0) is 65.6 Å². The quantitative estimate of drug-likeness (QED) is 0.662. The van der Waals surface area contributed by atoms with E-state index in [9.17, 15) is 14.6 Å². The number of nitrogens with one attached hydrogen (secondary N) is 1. The molecule has 0 bridgehead atoms. The van der Waals surface area contributed by atoms with Crippen LogP contribution in [0.2, 0.25) is 0 Å². The number of hydrogen-bond acceptors (Lipinski definition) is 6. The van der Waals surface area contributed by atoms with E-state index in [-0.39, 0.29) is 19.0 Å². The molecule has 0 aliphatic carbocycles. The lowest BCUT2D eigenvalue weighted by molar-refractivity contribution is -0.0311. The van der Waals surface area contributed by atoms with E-state index in [0.29, 0.717) is 49.2 Å². The number of hydrogen-bond donors (Lipinski definition) is 3. The van der Waals surface area contributed by atoms with E-state index in [1.807, 2.05) is 30.9 Å². The van der Waals surface area contributed by atoms with Gasteiger partial charge in [0, 0.05) is 48.4 Å². The Morgan fingerprint density at radius 2 is 2.18 bits per heavy atom. The normalized spacial score (nSPS) is 28.9. The van der Waals surface area contributed by atoms with E-state index in [1.165, 1.54) is 0 Å². The van der Waals surface area contributed by atoms with Crippen molar-refractivity contribution in [3.05, 3.63) is 57.4 Å². The van der Waals surface area contributed by atoms with Crippen molar-refractivity contribution in [1.29, 1.82) is 0 Å². The van der Waals surface area contributed by atoms with Crippen LogP contribution < -0.4 is 10.4 Å². The number of hydrazine groups is 1. The fourth-order valence-corrected chi connectivity index (χ4v) is 5.71. The molecule has 3 N–H and O–H groups in total. The molecule has 0 saturated heterocycles. The van der Waals surface area contributed by atoms with Crippen molar-refractivity contribution in [3.63, 3.8) is 0 Å². The first kappa shape index (κ1) is 18.9. The van der Waals surface area contributed by atoms with Gasteiger partial charge in [0.25, 0.3) is 0 Å². The molecule has 2 aromatic carbocycles. The van der Waals surface area contributed by atoms with Crippen LogP contribution in [0, 0.1) is 12.7 Å². The lowest BCUT2D eigenvalue weighted by atomic mass is 9.83. The van der Waals surface area contributed by atoms with Gasteiger partial charge in [-0.15, -0.1) is 0 Å². The molecule has 6 rings (SSSR count). The van der Waals surface area contributed by atoms with Crippen LogP contribution in [0.5, 0.6) is 0 Å². The van der Waals surface area contributed by atoms with Crippen LogP contribution in [0.25, 0.3) is 16.5 Å². The largest absolute Gasteiger partial charge is 0.395 e. The predicted octanol–water partition coefficient (Wildman–Crippen LogP) is 2.78. The molecule has 0 radical (unpaired) electrons. The first-order valence-corrected chi connectivity index (χ1v) is 11.6. The second-order valence-electron chi connectivity index (χ2n) is 9.28. The molecule has 4 aliphatic rings. The maximum absolute atomic E-state index is 14.9. The van der Waals surface area contributed by atoms with Crippen LogP contribution in [0.3, 0.4) is 0 Å². The minimum Gasteiger partial charge on any atom is -0.395 e. The number of nitrogens with zero attached hydrogens (tertiary/aromatic N) is 2. The molecule has 0 fully saturated rings. The first-order valence-electron chi connectivity index (χ1n) is 12.8. The van der Waals surface area contributed by atoms with Crippen LogP contribution in [-0.2, 0) is 17.7 Å². The Morgan fingerprint density at radius 1 is 1.33 bits per heavy atom. The summed E-state index contributed by atoms with van der Waals surface area (Å²) in [6.07, 6.45) is 2.91. The minimum atomic E-state index is -1.48. The lowest BCUT2D eigenvalue weighted by Gasteiger charge is -2.39. The molecule has 4 heterocycles. The van der Waals surface area contributed by atoms with Crippen molar-refractivity contribution in [2.24, 2.45) is 0 Å². The number of halogens is 1. The van der Waals surface area contributed by atoms with Crippen molar-refractivity contribution in [3.8, 4) is 0 Å². The van der Waals surface area contributed by atoms with E-state index < -0.39 is 18.7 Å². The molecule has 2 unspecified atom stereocenters. The highest BCUT2D eigenvalue weighted by Gasteiger charge is 2.41. The van der Waals surface area contributed by atoms with Gasteiger partial charge in [-0.3, -0.25) is 0 Å². The third-order valence-corrected chi connectivity index (χ3v) is 7.48. The van der Waals surface area contributed by atoms with Crippen molar-refractivity contribution >= 4 is 22.2 Å². The van der Waals surface area contributed by atoms with Gasteiger partial charge in [0.2, 0.25) is 0 Å².